The van der Waals surface area contributed by atoms with Crippen molar-refractivity contribution in [3.63, 3.8) is 0 Å². The number of nitriles is 1. The van der Waals surface area contributed by atoms with Gasteiger partial charge in [-0.3, -0.25) is 14.4 Å². The molecule has 0 saturated carbocycles. The van der Waals surface area contributed by atoms with Crippen molar-refractivity contribution in [3.05, 3.63) is 60.6 Å². The predicted molar refractivity (Wildman–Crippen MR) is 99.6 cm³/mol. The third-order valence-corrected chi connectivity index (χ3v) is 4.05. The normalized spacial score (nSPS) is 10.6. The molecular weight excluding hydrogens is 342 g/mol. The molecule has 132 valence electrons. The molecule has 0 fully saturated rings. The average Bonchev–Trinajstić information content (AvgIpc) is 3.07. The van der Waals surface area contributed by atoms with E-state index in [1.807, 2.05) is 34.9 Å². The second kappa shape index (κ2) is 7.05. The summed E-state index contributed by atoms with van der Waals surface area (Å²) >= 11 is 0. The minimum absolute atomic E-state index is 0.156. The van der Waals surface area contributed by atoms with E-state index in [2.05, 4.69) is 30.2 Å². The molecule has 0 aromatic carbocycles. The lowest BCUT2D eigenvalue weighted by Crippen LogP contribution is -2.10. The van der Waals surface area contributed by atoms with Gasteiger partial charge in [0.1, 0.15) is 29.6 Å². The zero-order chi connectivity index (χ0) is 18.6. The van der Waals surface area contributed by atoms with E-state index in [9.17, 15) is 5.26 Å². The van der Waals surface area contributed by atoms with Crippen LogP contribution in [0.5, 0.6) is 0 Å². The number of nitrogens with one attached hydrogen (secondary N) is 1. The van der Waals surface area contributed by atoms with E-state index in [-0.39, 0.29) is 11.4 Å². The lowest BCUT2D eigenvalue weighted by molar-refractivity contribution is 0.965. The highest BCUT2D eigenvalue weighted by Crippen LogP contribution is 2.24. The fourth-order valence-corrected chi connectivity index (χ4v) is 2.85. The number of rotatable bonds is 5. The Morgan fingerprint density at radius 1 is 1.19 bits per heavy atom. The maximum Gasteiger partial charge on any atom is 0.156 e. The summed E-state index contributed by atoms with van der Waals surface area (Å²) in [6, 6.07) is 7.78. The van der Waals surface area contributed by atoms with Gasteiger partial charge in [0.15, 0.2) is 5.65 Å². The molecule has 4 heterocycles. The second-order valence-corrected chi connectivity index (χ2v) is 5.70. The van der Waals surface area contributed by atoms with E-state index in [1.54, 1.807) is 18.6 Å². The molecule has 0 unspecified atom stereocenters. The second-order valence-electron chi connectivity index (χ2n) is 5.70. The molecule has 4 aromatic rings. The number of aromatic nitrogens is 6. The van der Waals surface area contributed by atoms with Crippen molar-refractivity contribution in [1.29, 1.82) is 5.26 Å². The zero-order valence-corrected chi connectivity index (χ0v) is 14.2. The van der Waals surface area contributed by atoms with Crippen LogP contribution in [0.25, 0.3) is 17.0 Å². The molecule has 3 N–H and O–H groups in total. The molecule has 0 amide bonds. The minimum Gasteiger partial charge on any atom is -0.382 e. The number of anilines is 2. The van der Waals surface area contributed by atoms with Crippen LogP contribution in [0.4, 0.5) is 11.6 Å². The topological polar surface area (TPSA) is 131 Å². The van der Waals surface area contributed by atoms with Crippen LogP contribution in [-0.2, 0) is 6.42 Å². The molecule has 27 heavy (non-hydrogen) atoms. The van der Waals surface area contributed by atoms with Crippen LogP contribution in [0.1, 0.15) is 11.3 Å². The first kappa shape index (κ1) is 16.4. The number of fused-ring (bicyclic) bond motifs is 1. The van der Waals surface area contributed by atoms with E-state index < -0.39 is 0 Å². The van der Waals surface area contributed by atoms with Gasteiger partial charge in [0.2, 0.25) is 0 Å². The number of nitrogens with two attached hydrogens (primary N) is 1. The van der Waals surface area contributed by atoms with Crippen LogP contribution >= 0.6 is 0 Å². The third-order valence-electron chi connectivity index (χ3n) is 4.05. The lowest BCUT2D eigenvalue weighted by atomic mass is 10.2. The monoisotopic (exact) mass is 357 g/mol. The largest absolute Gasteiger partial charge is 0.382 e. The Hall–Kier alpha value is -4.06. The first-order chi connectivity index (χ1) is 13.3. The van der Waals surface area contributed by atoms with Crippen LogP contribution in [0.2, 0.25) is 0 Å². The summed E-state index contributed by atoms with van der Waals surface area (Å²) in [4.78, 5) is 21.2. The van der Waals surface area contributed by atoms with Crippen molar-refractivity contribution in [2.75, 3.05) is 17.6 Å². The van der Waals surface area contributed by atoms with Crippen molar-refractivity contribution < 1.29 is 0 Å². The predicted octanol–water partition coefficient (Wildman–Crippen LogP) is 1.69. The van der Waals surface area contributed by atoms with Gasteiger partial charge in [-0.25, -0.2) is 15.0 Å². The van der Waals surface area contributed by atoms with Gasteiger partial charge in [-0.05, 0) is 12.1 Å². The van der Waals surface area contributed by atoms with Crippen molar-refractivity contribution in [1.82, 2.24) is 29.3 Å². The number of imidazole rings is 1. The van der Waals surface area contributed by atoms with Crippen LogP contribution < -0.4 is 11.1 Å². The fourth-order valence-electron chi connectivity index (χ4n) is 2.85. The Labute approximate surface area is 154 Å². The molecule has 0 spiro atoms. The first-order valence-electron chi connectivity index (χ1n) is 8.24. The van der Waals surface area contributed by atoms with Gasteiger partial charge >= 0.3 is 0 Å². The van der Waals surface area contributed by atoms with Gasteiger partial charge in [0.05, 0.1) is 23.3 Å². The molecule has 9 nitrogen and oxygen atoms in total. The molecule has 0 saturated heterocycles. The molecule has 4 aromatic heterocycles. The lowest BCUT2D eigenvalue weighted by Gasteiger charge is -2.08. The van der Waals surface area contributed by atoms with Crippen LogP contribution in [0, 0.1) is 11.3 Å². The molecule has 0 aliphatic rings. The summed E-state index contributed by atoms with van der Waals surface area (Å²) in [6.07, 6.45) is 8.97. The molecule has 0 aliphatic heterocycles. The van der Waals surface area contributed by atoms with E-state index in [0.717, 1.165) is 22.7 Å². The van der Waals surface area contributed by atoms with Crippen LogP contribution in [-0.4, -0.2) is 35.9 Å². The van der Waals surface area contributed by atoms with Crippen molar-refractivity contribution in [3.8, 4) is 17.5 Å². The molecule has 0 radical (unpaired) electrons. The number of hydrogen-bond donors (Lipinski definition) is 2. The summed E-state index contributed by atoms with van der Waals surface area (Å²) in [6.45, 7) is 0.516. The number of nitrogens with zero attached hydrogens (tertiary/aromatic N) is 7. The molecule has 9 heteroatoms. The number of pyridine rings is 1. The van der Waals surface area contributed by atoms with Crippen LogP contribution in [0.15, 0.2) is 49.3 Å². The summed E-state index contributed by atoms with van der Waals surface area (Å²) in [5.41, 5.74) is 9.32. The Balaban J connectivity index is 1.64. The Kier molecular flexibility index (Phi) is 4.29. The zero-order valence-electron chi connectivity index (χ0n) is 14.2. The van der Waals surface area contributed by atoms with Crippen molar-refractivity contribution in [2.45, 2.75) is 6.42 Å². The molecule has 4 rings (SSSR count). The van der Waals surface area contributed by atoms with Crippen molar-refractivity contribution in [2.24, 2.45) is 0 Å². The van der Waals surface area contributed by atoms with E-state index in [4.69, 9.17) is 5.73 Å². The molecule has 0 bridgehead atoms. The maximum atomic E-state index is 9.22. The fraction of sp³-hybridized carbons (Fsp3) is 0.111. The SMILES string of the molecule is N#Cc1c(N)ncnc1NCCc1nc2cnccn2c1-c1ccccn1. The third kappa shape index (κ3) is 3.11. The van der Waals surface area contributed by atoms with Gasteiger partial charge in [-0.2, -0.15) is 5.26 Å². The standard InChI is InChI=1S/C18H15N9/c19-9-12-17(20)24-11-25-18(12)23-6-4-14-16(13-3-1-2-5-22-13)27-8-7-21-10-15(27)26-14/h1-3,5,7-8,10-11H,4,6H2,(H3,20,23,24,25). The smallest absolute Gasteiger partial charge is 0.156 e. The van der Waals surface area contributed by atoms with Gasteiger partial charge in [0.25, 0.3) is 0 Å². The number of nitrogen functional groups attached to an aromatic ring is 1. The van der Waals surface area contributed by atoms with E-state index in [0.29, 0.717) is 18.8 Å². The maximum absolute atomic E-state index is 9.22. The molecular formula is C18H15N9. The van der Waals surface area contributed by atoms with Crippen LogP contribution in [0.3, 0.4) is 0 Å². The Bertz CT molecular complexity index is 1130. The molecule has 0 atom stereocenters. The van der Waals surface area contributed by atoms with Crippen molar-refractivity contribution >= 4 is 17.3 Å². The Morgan fingerprint density at radius 3 is 2.93 bits per heavy atom. The van der Waals surface area contributed by atoms with Gasteiger partial charge in [0, 0.05) is 31.6 Å². The average molecular weight is 357 g/mol. The first-order valence-corrected chi connectivity index (χ1v) is 8.24. The number of hydrogen-bond acceptors (Lipinski definition) is 8. The quantitative estimate of drug-likeness (QED) is 0.552. The summed E-state index contributed by atoms with van der Waals surface area (Å²) in [5, 5.41) is 12.4. The van der Waals surface area contributed by atoms with Gasteiger partial charge in [-0.15, -0.1) is 0 Å². The molecule has 0 aliphatic carbocycles. The minimum atomic E-state index is 0.156. The summed E-state index contributed by atoms with van der Waals surface area (Å²) in [5.74, 6) is 0.567. The highest BCUT2D eigenvalue weighted by atomic mass is 15.1. The van der Waals surface area contributed by atoms with E-state index >= 15 is 0 Å². The summed E-state index contributed by atoms with van der Waals surface area (Å²) < 4.78 is 1.97. The van der Waals surface area contributed by atoms with Gasteiger partial charge in [-0.1, -0.05) is 6.07 Å². The van der Waals surface area contributed by atoms with Gasteiger partial charge < -0.3 is 11.1 Å². The highest BCUT2D eigenvalue weighted by molar-refractivity contribution is 5.64. The summed E-state index contributed by atoms with van der Waals surface area (Å²) in [7, 11) is 0. The van der Waals surface area contributed by atoms with E-state index in [1.165, 1.54) is 6.33 Å². The Morgan fingerprint density at radius 2 is 2.11 bits per heavy atom. The highest BCUT2D eigenvalue weighted by Gasteiger charge is 2.15.